The quantitative estimate of drug-likeness (QED) is 0.221. The van der Waals surface area contributed by atoms with Gasteiger partial charge in [0.25, 0.3) is 0 Å². The molecular formula is C20H17BrN4O5. The van der Waals surface area contributed by atoms with Gasteiger partial charge in [0, 0.05) is 17.0 Å². The van der Waals surface area contributed by atoms with E-state index in [1.807, 2.05) is 12.1 Å². The van der Waals surface area contributed by atoms with Crippen LogP contribution in [-0.2, 0) is 11.4 Å². The molecule has 0 fully saturated rings. The van der Waals surface area contributed by atoms with Crippen molar-refractivity contribution in [3.8, 4) is 5.75 Å². The molecule has 30 heavy (non-hydrogen) atoms. The van der Waals surface area contributed by atoms with Crippen molar-refractivity contribution in [1.29, 1.82) is 0 Å². The molecule has 0 unspecified atom stereocenters. The summed E-state index contributed by atoms with van der Waals surface area (Å²) in [4.78, 5) is 31.8. The number of rotatable bonds is 7. The molecule has 0 aliphatic rings. The van der Waals surface area contributed by atoms with Crippen LogP contribution < -0.4 is 4.74 Å². The summed E-state index contributed by atoms with van der Waals surface area (Å²) in [6.07, 6.45) is 1.31. The number of hydrogen-bond acceptors (Lipinski definition) is 7. The van der Waals surface area contributed by atoms with Crippen molar-refractivity contribution in [1.82, 2.24) is 9.55 Å². The first-order chi connectivity index (χ1) is 14.4. The smallest absolute Gasteiger partial charge is 0.381 e. The SMILES string of the molecule is COc1ccc(C(=O)O/N=C(/Cn2cc([N+](=O)[O-])nc2C)c2ccc(Br)cc2)cc1. The Morgan fingerprint density at radius 2 is 1.80 bits per heavy atom. The van der Waals surface area contributed by atoms with E-state index in [1.54, 1.807) is 47.9 Å². The lowest BCUT2D eigenvalue weighted by Gasteiger charge is -2.08. The van der Waals surface area contributed by atoms with Gasteiger partial charge in [-0.15, -0.1) is 0 Å². The van der Waals surface area contributed by atoms with Crippen LogP contribution in [0.15, 0.2) is 64.4 Å². The van der Waals surface area contributed by atoms with Gasteiger partial charge < -0.3 is 24.3 Å². The Morgan fingerprint density at radius 3 is 2.37 bits per heavy atom. The van der Waals surface area contributed by atoms with Crippen LogP contribution in [-0.4, -0.2) is 33.3 Å². The molecule has 0 saturated heterocycles. The number of carbonyl (C=O) groups excluding carboxylic acids is 1. The third-order valence-corrected chi connectivity index (χ3v) is 4.74. The van der Waals surface area contributed by atoms with Gasteiger partial charge in [-0.2, -0.15) is 0 Å². The monoisotopic (exact) mass is 472 g/mol. The summed E-state index contributed by atoms with van der Waals surface area (Å²) in [5, 5.41) is 15.0. The van der Waals surface area contributed by atoms with Crippen LogP contribution in [0.1, 0.15) is 21.7 Å². The van der Waals surface area contributed by atoms with Crippen LogP contribution in [0.25, 0.3) is 0 Å². The fourth-order valence-electron chi connectivity index (χ4n) is 2.59. The molecule has 3 rings (SSSR count). The van der Waals surface area contributed by atoms with E-state index in [4.69, 9.17) is 9.57 Å². The summed E-state index contributed by atoms with van der Waals surface area (Å²) in [6, 6.07) is 13.7. The summed E-state index contributed by atoms with van der Waals surface area (Å²) >= 11 is 3.37. The van der Waals surface area contributed by atoms with Crippen LogP contribution in [0.3, 0.4) is 0 Å². The molecule has 0 atom stereocenters. The van der Waals surface area contributed by atoms with Gasteiger partial charge >= 0.3 is 11.8 Å². The van der Waals surface area contributed by atoms with Gasteiger partial charge in [0.05, 0.1) is 19.2 Å². The zero-order valence-corrected chi connectivity index (χ0v) is 17.7. The Hall–Kier alpha value is -3.53. The number of hydrogen-bond donors (Lipinski definition) is 0. The molecule has 1 aromatic heterocycles. The van der Waals surface area contributed by atoms with Crippen LogP contribution in [0.4, 0.5) is 5.82 Å². The highest BCUT2D eigenvalue weighted by Gasteiger charge is 2.18. The molecular weight excluding hydrogens is 456 g/mol. The Kier molecular flexibility index (Phi) is 6.58. The molecule has 10 heteroatoms. The number of nitrogens with zero attached hydrogens (tertiary/aromatic N) is 4. The first kappa shape index (κ1) is 21.2. The van der Waals surface area contributed by atoms with Crippen molar-refractivity contribution < 1.29 is 19.3 Å². The fraction of sp³-hybridized carbons (Fsp3) is 0.150. The van der Waals surface area contributed by atoms with Gasteiger partial charge in [-0.25, -0.2) is 4.79 Å². The zero-order valence-electron chi connectivity index (χ0n) is 16.1. The lowest BCUT2D eigenvalue weighted by atomic mass is 10.1. The van der Waals surface area contributed by atoms with Gasteiger partial charge in [-0.1, -0.05) is 33.2 Å². The van der Waals surface area contributed by atoms with Crippen LogP contribution in [0.5, 0.6) is 5.75 Å². The van der Waals surface area contributed by atoms with Crippen molar-refractivity contribution in [2.45, 2.75) is 13.5 Å². The molecule has 0 amide bonds. The molecule has 2 aromatic carbocycles. The summed E-state index contributed by atoms with van der Waals surface area (Å²) in [7, 11) is 1.53. The molecule has 0 radical (unpaired) electrons. The van der Waals surface area contributed by atoms with Crippen molar-refractivity contribution in [3.05, 3.63) is 86.3 Å². The molecule has 0 aliphatic heterocycles. The Balaban J connectivity index is 1.87. The molecule has 1 heterocycles. The van der Waals surface area contributed by atoms with Gasteiger partial charge in [-0.3, -0.25) is 0 Å². The standard InChI is InChI=1S/C20H17BrN4O5/c1-13-22-19(25(27)28)12-24(13)11-18(14-3-7-16(21)8-4-14)23-30-20(26)15-5-9-17(29-2)10-6-15/h3-10,12H,11H2,1-2H3/b23-18-. The fourth-order valence-corrected chi connectivity index (χ4v) is 2.86. The molecule has 154 valence electrons. The molecule has 3 aromatic rings. The van der Waals surface area contributed by atoms with E-state index in [2.05, 4.69) is 26.1 Å². The number of aryl methyl sites for hydroxylation is 1. The largest absolute Gasteiger partial charge is 0.497 e. The highest BCUT2D eigenvalue weighted by atomic mass is 79.9. The number of halogens is 1. The minimum Gasteiger partial charge on any atom is -0.497 e. The maximum Gasteiger partial charge on any atom is 0.381 e. The Morgan fingerprint density at radius 1 is 1.17 bits per heavy atom. The van der Waals surface area contributed by atoms with E-state index in [9.17, 15) is 14.9 Å². The van der Waals surface area contributed by atoms with Gasteiger partial charge in [0.15, 0.2) is 0 Å². The third-order valence-electron chi connectivity index (χ3n) is 4.21. The third kappa shape index (κ3) is 5.09. The van der Waals surface area contributed by atoms with Crippen molar-refractivity contribution in [2.75, 3.05) is 7.11 Å². The maximum atomic E-state index is 12.4. The first-order valence-electron chi connectivity index (χ1n) is 8.73. The minimum absolute atomic E-state index is 0.129. The van der Waals surface area contributed by atoms with E-state index in [0.29, 0.717) is 28.4 Å². The van der Waals surface area contributed by atoms with Crippen LogP contribution in [0.2, 0.25) is 0 Å². The first-order valence-corrected chi connectivity index (χ1v) is 9.53. The number of benzene rings is 2. The van der Waals surface area contributed by atoms with E-state index in [1.165, 1.54) is 13.3 Å². The predicted molar refractivity (Wildman–Crippen MR) is 113 cm³/mol. The number of carbonyl (C=O) groups is 1. The summed E-state index contributed by atoms with van der Waals surface area (Å²) in [6.45, 7) is 1.78. The number of aromatic nitrogens is 2. The lowest BCUT2D eigenvalue weighted by Crippen LogP contribution is -2.14. The second-order valence-corrected chi connectivity index (χ2v) is 7.10. The van der Waals surface area contributed by atoms with E-state index in [-0.39, 0.29) is 12.4 Å². The highest BCUT2D eigenvalue weighted by Crippen LogP contribution is 2.16. The Bertz CT molecular complexity index is 1090. The second kappa shape index (κ2) is 9.31. The lowest BCUT2D eigenvalue weighted by molar-refractivity contribution is -0.389. The van der Waals surface area contributed by atoms with Crippen molar-refractivity contribution in [3.63, 3.8) is 0 Å². The van der Waals surface area contributed by atoms with Gasteiger partial charge in [-0.05, 0) is 46.3 Å². The predicted octanol–water partition coefficient (Wildman–Crippen LogP) is 4.13. The maximum absolute atomic E-state index is 12.4. The van der Waals surface area contributed by atoms with E-state index >= 15 is 0 Å². The Labute approximate surface area is 180 Å². The topological polar surface area (TPSA) is 109 Å². The summed E-state index contributed by atoms with van der Waals surface area (Å²) in [5.41, 5.74) is 1.40. The van der Waals surface area contributed by atoms with Crippen LogP contribution in [0, 0.1) is 17.0 Å². The number of ether oxygens (including phenoxy) is 1. The molecule has 0 N–H and O–H groups in total. The van der Waals surface area contributed by atoms with Crippen molar-refractivity contribution in [2.24, 2.45) is 5.16 Å². The van der Waals surface area contributed by atoms with Crippen LogP contribution >= 0.6 is 15.9 Å². The second-order valence-electron chi connectivity index (χ2n) is 6.18. The molecule has 0 bridgehead atoms. The van der Waals surface area contributed by atoms with E-state index in [0.717, 1.165) is 4.47 Å². The van der Waals surface area contributed by atoms with Gasteiger partial charge in [0.1, 0.15) is 17.7 Å². The molecule has 0 aliphatic carbocycles. The average molecular weight is 473 g/mol. The van der Waals surface area contributed by atoms with Gasteiger partial charge in [0.2, 0.25) is 5.82 Å². The summed E-state index contributed by atoms with van der Waals surface area (Å²) in [5.74, 6) is 0.147. The minimum atomic E-state index is -0.638. The molecule has 9 nitrogen and oxygen atoms in total. The van der Waals surface area contributed by atoms with E-state index < -0.39 is 10.9 Å². The normalized spacial score (nSPS) is 11.2. The molecule has 0 spiro atoms. The average Bonchev–Trinajstić information content (AvgIpc) is 3.12. The summed E-state index contributed by atoms with van der Waals surface area (Å²) < 4.78 is 7.51. The number of oxime groups is 1. The zero-order chi connectivity index (χ0) is 21.7. The highest BCUT2D eigenvalue weighted by molar-refractivity contribution is 9.10. The molecule has 0 saturated carbocycles. The van der Waals surface area contributed by atoms with Crippen molar-refractivity contribution >= 4 is 33.4 Å². The number of methoxy groups -OCH3 is 1. The number of nitro groups is 1. The number of imidazole rings is 1.